The number of rotatable bonds is 1. The van der Waals surface area contributed by atoms with Crippen molar-refractivity contribution in [3.63, 3.8) is 0 Å². The second kappa shape index (κ2) is 5.12. The molecule has 1 aliphatic rings. The zero-order valence-electron chi connectivity index (χ0n) is 15.4. The van der Waals surface area contributed by atoms with Crippen LogP contribution in [0.4, 0.5) is 0 Å². The van der Waals surface area contributed by atoms with Crippen LogP contribution < -0.4 is 4.74 Å². The first-order valence-electron chi connectivity index (χ1n) is 8.58. The van der Waals surface area contributed by atoms with Gasteiger partial charge in [-0.3, -0.25) is 0 Å². The fourth-order valence-corrected chi connectivity index (χ4v) is 3.35. The molecular formula is C22H28O. The van der Waals surface area contributed by atoms with Crippen molar-refractivity contribution in [3.8, 4) is 11.5 Å². The van der Waals surface area contributed by atoms with Crippen LogP contribution in [0.15, 0.2) is 36.4 Å². The van der Waals surface area contributed by atoms with Gasteiger partial charge in [0.1, 0.15) is 11.5 Å². The molecule has 0 amide bonds. The van der Waals surface area contributed by atoms with Crippen LogP contribution in [-0.4, -0.2) is 0 Å². The summed E-state index contributed by atoms with van der Waals surface area (Å²) >= 11 is 0. The molecule has 23 heavy (non-hydrogen) atoms. The Hall–Kier alpha value is -1.76. The van der Waals surface area contributed by atoms with E-state index in [0.717, 1.165) is 11.5 Å². The molecule has 0 atom stereocenters. The molecule has 2 aromatic rings. The molecule has 0 aliphatic carbocycles. The number of ether oxygens (including phenoxy) is 1. The molecule has 0 N–H and O–H groups in total. The summed E-state index contributed by atoms with van der Waals surface area (Å²) in [5, 5.41) is 0. The molecule has 1 aliphatic heterocycles. The van der Waals surface area contributed by atoms with Gasteiger partial charge in [-0.25, -0.2) is 0 Å². The van der Waals surface area contributed by atoms with E-state index in [2.05, 4.69) is 84.9 Å². The molecule has 1 nitrogen and oxygen atoms in total. The van der Waals surface area contributed by atoms with Crippen molar-refractivity contribution >= 4 is 0 Å². The highest BCUT2D eigenvalue weighted by Crippen LogP contribution is 2.49. The van der Waals surface area contributed by atoms with E-state index >= 15 is 0 Å². The highest BCUT2D eigenvalue weighted by Gasteiger charge is 2.35. The van der Waals surface area contributed by atoms with Crippen LogP contribution in [0.5, 0.6) is 11.5 Å². The lowest BCUT2D eigenvalue weighted by Gasteiger charge is -2.36. The molecule has 1 heterocycles. The lowest BCUT2D eigenvalue weighted by atomic mass is 9.74. The van der Waals surface area contributed by atoms with Gasteiger partial charge in [0.05, 0.1) is 0 Å². The molecule has 0 aromatic heterocycles. The van der Waals surface area contributed by atoms with Crippen LogP contribution in [0.25, 0.3) is 0 Å². The minimum Gasteiger partial charge on any atom is -0.457 e. The zero-order chi connectivity index (χ0) is 17.0. The predicted octanol–water partition coefficient (Wildman–Crippen LogP) is 6.54. The average Bonchev–Trinajstić information content (AvgIpc) is 2.45. The van der Waals surface area contributed by atoms with E-state index in [1.54, 1.807) is 0 Å². The highest BCUT2D eigenvalue weighted by atomic mass is 16.5. The van der Waals surface area contributed by atoms with Gasteiger partial charge >= 0.3 is 0 Å². The Bertz CT molecular complexity index is 745. The molecule has 0 unspecified atom stereocenters. The van der Waals surface area contributed by atoms with Gasteiger partial charge in [0.2, 0.25) is 0 Å². The van der Waals surface area contributed by atoms with E-state index in [4.69, 9.17) is 4.74 Å². The van der Waals surface area contributed by atoms with Gasteiger partial charge in [-0.05, 0) is 34.6 Å². The maximum absolute atomic E-state index is 6.34. The zero-order valence-corrected chi connectivity index (χ0v) is 15.4. The molecular weight excluding hydrogens is 280 g/mol. The van der Waals surface area contributed by atoms with Crippen molar-refractivity contribution < 1.29 is 4.74 Å². The topological polar surface area (TPSA) is 9.23 Å². The van der Waals surface area contributed by atoms with E-state index < -0.39 is 0 Å². The molecule has 0 saturated carbocycles. The van der Waals surface area contributed by atoms with Crippen molar-refractivity contribution in [1.82, 2.24) is 0 Å². The van der Waals surface area contributed by atoms with Gasteiger partial charge in [-0.2, -0.15) is 0 Å². The minimum absolute atomic E-state index is 0.0329. The summed E-state index contributed by atoms with van der Waals surface area (Å²) in [5.74, 6) is 2.53. The number of fused-ring (bicyclic) bond motifs is 2. The second-order valence-corrected chi connectivity index (χ2v) is 8.60. The summed E-state index contributed by atoms with van der Waals surface area (Å²) in [6, 6.07) is 13.4. The SMILES string of the molecule is CC(C)c1ccc2c(c1)Oc1cc(C(C)(C)C)ccc1C2(C)C. The van der Waals surface area contributed by atoms with Crippen molar-refractivity contribution in [2.24, 2.45) is 0 Å². The van der Waals surface area contributed by atoms with Crippen LogP contribution in [0.3, 0.4) is 0 Å². The fraction of sp³-hybridized carbons (Fsp3) is 0.455. The second-order valence-electron chi connectivity index (χ2n) is 8.60. The number of hydrogen-bond acceptors (Lipinski definition) is 1. The maximum atomic E-state index is 6.34. The summed E-state index contributed by atoms with van der Waals surface area (Å²) < 4.78 is 6.34. The minimum atomic E-state index is -0.0329. The molecule has 0 bridgehead atoms. The third-order valence-electron chi connectivity index (χ3n) is 5.09. The molecule has 1 heteroatoms. The van der Waals surface area contributed by atoms with Gasteiger partial charge < -0.3 is 4.74 Å². The van der Waals surface area contributed by atoms with Crippen LogP contribution in [0, 0.1) is 0 Å². The summed E-state index contributed by atoms with van der Waals surface area (Å²) in [5.41, 5.74) is 5.29. The average molecular weight is 308 g/mol. The van der Waals surface area contributed by atoms with Crippen molar-refractivity contribution in [2.75, 3.05) is 0 Å². The van der Waals surface area contributed by atoms with Crippen LogP contribution in [0.1, 0.15) is 76.6 Å². The molecule has 2 aromatic carbocycles. The molecule has 0 radical (unpaired) electrons. The molecule has 0 saturated heterocycles. The fourth-order valence-electron chi connectivity index (χ4n) is 3.35. The van der Waals surface area contributed by atoms with Crippen LogP contribution in [0.2, 0.25) is 0 Å². The Balaban J connectivity index is 2.15. The lowest BCUT2D eigenvalue weighted by molar-refractivity contribution is 0.414. The summed E-state index contributed by atoms with van der Waals surface area (Å²) in [6.45, 7) is 15.8. The smallest absolute Gasteiger partial charge is 0.131 e. The normalized spacial score (nSPS) is 15.8. The van der Waals surface area contributed by atoms with Crippen LogP contribution >= 0.6 is 0 Å². The van der Waals surface area contributed by atoms with Gasteiger partial charge in [-0.1, -0.05) is 72.7 Å². The Morgan fingerprint density at radius 1 is 0.870 bits per heavy atom. The maximum Gasteiger partial charge on any atom is 0.131 e. The lowest BCUT2D eigenvalue weighted by Crippen LogP contribution is -2.25. The predicted molar refractivity (Wildman–Crippen MR) is 97.9 cm³/mol. The first-order valence-corrected chi connectivity index (χ1v) is 8.58. The molecule has 0 fully saturated rings. The third-order valence-corrected chi connectivity index (χ3v) is 5.09. The summed E-state index contributed by atoms with van der Waals surface area (Å²) in [6.07, 6.45) is 0. The monoisotopic (exact) mass is 308 g/mol. The van der Waals surface area contributed by atoms with Crippen molar-refractivity contribution in [2.45, 2.75) is 65.2 Å². The van der Waals surface area contributed by atoms with Gasteiger partial charge in [0.15, 0.2) is 0 Å². The van der Waals surface area contributed by atoms with E-state index in [9.17, 15) is 0 Å². The molecule has 0 spiro atoms. The van der Waals surface area contributed by atoms with Crippen molar-refractivity contribution in [1.29, 1.82) is 0 Å². The highest BCUT2D eigenvalue weighted by molar-refractivity contribution is 5.58. The third kappa shape index (κ3) is 2.67. The summed E-state index contributed by atoms with van der Waals surface area (Å²) in [4.78, 5) is 0. The van der Waals surface area contributed by atoms with Crippen molar-refractivity contribution in [3.05, 3.63) is 58.7 Å². The van der Waals surface area contributed by atoms with E-state index in [0.29, 0.717) is 5.92 Å². The van der Waals surface area contributed by atoms with Crippen LogP contribution in [-0.2, 0) is 10.8 Å². The number of benzene rings is 2. The first kappa shape index (κ1) is 16.1. The van der Waals surface area contributed by atoms with E-state index in [1.807, 2.05) is 0 Å². The van der Waals surface area contributed by atoms with E-state index in [-0.39, 0.29) is 10.8 Å². The quantitative estimate of drug-likeness (QED) is 0.581. The Morgan fingerprint density at radius 3 is 2.00 bits per heavy atom. The first-order chi connectivity index (χ1) is 10.6. The summed E-state index contributed by atoms with van der Waals surface area (Å²) in [7, 11) is 0. The Kier molecular flexibility index (Phi) is 3.59. The standard InChI is InChI=1S/C22H28O/c1-14(2)15-8-10-17-19(12-15)23-20-13-16(21(3,4)5)9-11-18(20)22(17,6)7/h8-14H,1-7H3. The molecule has 3 rings (SSSR count). The molecule has 122 valence electrons. The van der Waals surface area contributed by atoms with Gasteiger partial charge in [-0.15, -0.1) is 0 Å². The number of hydrogen-bond donors (Lipinski definition) is 0. The Morgan fingerprint density at radius 2 is 1.43 bits per heavy atom. The van der Waals surface area contributed by atoms with Gasteiger partial charge in [0.25, 0.3) is 0 Å². The Labute approximate surface area is 140 Å². The largest absolute Gasteiger partial charge is 0.457 e. The van der Waals surface area contributed by atoms with Gasteiger partial charge in [0, 0.05) is 16.5 Å². The van der Waals surface area contributed by atoms with E-state index in [1.165, 1.54) is 22.3 Å².